The molecule has 0 aliphatic carbocycles. The van der Waals surface area contributed by atoms with Gasteiger partial charge in [0.2, 0.25) is 0 Å². The smallest absolute Gasteiger partial charge is 0.250 e. The van der Waals surface area contributed by atoms with Crippen LogP contribution < -0.4 is 5.32 Å². The van der Waals surface area contributed by atoms with Crippen molar-refractivity contribution < 1.29 is 4.79 Å². The van der Waals surface area contributed by atoms with Crippen LogP contribution >= 0.6 is 23.2 Å². The first kappa shape index (κ1) is 17.5. The Kier molecular flexibility index (Phi) is 5.42. The summed E-state index contributed by atoms with van der Waals surface area (Å²) in [6, 6.07) is 26.1. The van der Waals surface area contributed by atoms with E-state index in [1.54, 1.807) is 12.1 Å². The van der Waals surface area contributed by atoms with Crippen molar-refractivity contribution in [3.05, 3.63) is 107 Å². The van der Waals surface area contributed by atoms with Crippen LogP contribution in [0.25, 0.3) is 0 Å². The summed E-state index contributed by atoms with van der Waals surface area (Å²) in [6.45, 7) is 0.379. The van der Waals surface area contributed by atoms with Gasteiger partial charge in [0.05, 0.1) is 0 Å². The SMILES string of the molecule is O=C(NCc1ccc(Cl)cc1)C(Cl)(c1ccccc1)c1ccccc1. The highest BCUT2D eigenvalue weighted by Gasteiger charge is 2.39. The van der Waals surface area contributed by atoms with Gasteiger partial charge in [-0.25, -0.2) is 0 Å². The molecule has 3 aromatic carbocycles. The van der Waals surface area contributed by atoms with Gasteiger partial charge < -0.3 is 5.32 Å². The molecule has 1 amide bonds. The lowest BCUT2D eigenvalue weighted by atomic mass is 9.89. The molecule has 0 aromatic heterocycles. The average molecular weight is 370 g/mol. The van der Waals surface area contributed by atoms with E-state index in [-0.39, 0.29) is 5.91 Å². The minimum Gasteiger partial charge on any atom is -0.350 e. The molecule has 0 fully saturated rings. The molecule has 0 aliphatic rings. The maximum atomic E-state index is 13.0. The van der Waals surface area contributed by atoms with E-state index < -0.39 is 4.87 Å². The molecule has 126 valence electrons. The summed E-state index contributed by atoms with van der Waals surface area (Å²) in [6.07, 6.45) is 0. The Hall–Kier alpha value is -2.29. The van der Waals surface area contributed by atoms with Crippen LogP contribution in [0.2, 0.25) is 5.02 Å². The maximum Gasteiger partial charge on any atom is 0.250 e. The fraction of sp³-hybridized carbons (Fsp3) is 0.0952. The fourth-order valence-electron chi connectivity index (χ4n) is 2.67. The van der Waals surface area contributed by atoms with Crippen LogP contribution in [0.4, 0.5) is 0 Å². The van der Waals surface area contributed by atoms with E-state index in [4.69, 9.17) is 23.2 Å². The lowest BCUT2D eigenvalue weighted by molar-refractivity contribution is -0.123. The highest BCUT2D eigenvalue weighted by Crippen LogP contribution is 2.37. The van der Waals surface area contributed by atoms with E-state index >= 15 is 0 Å². The molecule has 0 radical (unpaired) electrons. The summed E-state index contributed by atoms with van der Waals surface area (Å²) in [5.41, 5.74) is 2.42. The van der Waals surface area contributed by atoms with E-state index in [2.05, 4.69) is 5.32 Å². The van der Waals surface area contributed by atoms with Crippen LogP contribution in [0.5, 0.6) is 0 Å². The molecule has 0 bridgehead atoms. The minimum atomic E-state index is -1.28. The van der Waals surface area contributed by atoms with Crippen LogP contribution in [0.3, 0.4) is 0 Å². The summed E-state index contributed by atoms with van der Waals surface area (Å²) >= 11 is 12.8. The van der Waals surface area contributed by atoms with Crippen molar-refractivity contribution in [1.29, 1.82) is 0 Å². The van der Waals surface area contributed by atoms with Gasteiger partial charge in [-0.3, -0.25) is 4.79 Å². The largest absolute Gasteiger partial charge is 0.350 e. The molecule has 0 saturated carbocycles. The fourth-order valence-corrected chi connectivity index (χ4v) is 3.12. The number of amides is 1. The lowest BCUT2D eigenvalue weighted by Crippen LogP contribution is -2.41. The van der Waals surface area contributed by atoms with Gasteiger partial charge in [-0.05, 0) is 28.8 Å². The second-order valence-electron chi connectivity index (χ2n) is 5.70. The zero-order valence-electron chi connectivity index (χ0n) is 13.5. The number of carbonyl (C=O) groups is 1. The Balaban J connectivity index is 1.89. The molecule has 0 heterocycles. The van der Waals surface area contributed by atoms with Gasteiger partial charge >= 0.3 is 0 Å². The second-order valence-corrected chi connectivity index (χ2v) is 6.70. The van der Waals surface area contributed by atoms with Crippen molar-refractivity contribution in [2.24, 2.45) is 0 Å². The number of alkyl halides is 1. The Morgan fingerprint density at radius 2 is 1.28 bits per heavy atom. The molecule has 0 atom stereocenters. The first-order chi connectivity index (χ1) is 12.1. The van der Waals surface area contributed by atoms with Gasteiger partial charge in [-0.2, -0.15) is 0 Å². The zero-order chi connectivity index (χ0) is 17.7. The second kappa shape index (κ2) is 7.73. The summed E-state index contributed by atoms with van der Waals surface area (Å²) in [7, 11) is 0. The maximum absolute atomic E-state index is 13.0. The highest BCUT2D eigenvalue weighted by atomic mass is 35.5. The van der Waals surface area contributed by atoms with Gasteiger partial charge in [0.1, 0.15) is 0 Å². The standard InChI is InChI=1S/C21H17Cl2NO/c22-19-13-11-16(12-14-19)15-24-20(25)21(23,17-7-3-1-4-8-17)18-9-5-2-6-10-18/h1-14H,15H2,(H,24,25). The highest BCUT2D eigenvalue weighted by molar-refractivity contribution is 6.37. The van der Waals surface area contributed by atoms with E-state index in [0.717, 1.165) is 16.7 Å². The molecular formula is C21H17Cl2NO. The predicted molar refractivity (Wildman–Crippen MR) is 103 cm³/mol. The van der Waals surface area contributed by atoms with E-state index in [9.17, 15) is 4.79 Å². The summed E-state index contributed by atoms with van der Waals surface area (Å²) in [5.74, 6) is -0.262. The number of carbonyl (C=O) groups excluding carboxylic acids is 1. The average Bonchev–Trinajstić information content (AvgIpc) is 2.68. The Morgan fingerprint density at radius 1 is 0.800 bits per heavy atom. The first-order valence-electron chi connectivity index (χ1n) is 7.93. The van der Waals surface area contributed by atoms with Crippen molar-refractivity contribution in [1.82, 2.24) is 5.32 Å². The van der Waals surface area contributed by atoms with Crippen molar-refractivity contribution in [3.63, 3.8) is 0 Å². The first-order valence-corrected chi connectivity index (χ1v) is 8.69. The molecule has 0 unspecified atom stereocenters. The number of nitrogens with one attached hydrogen (secondary N) is 1. The molecule has 0 aliphatic heterocycles. The van der Waals surface area contributed by atoms with Gasteiger partial charge in [-0.15, -0.1) is 0 Å². The number of benzene rings is 3. The number of halogens is 2. The van der Waals surface area contributed by atoms with Crippen LogP contribution in [0.15, 0.2) is 84.9 Å². The van der Waals surface area contributed by atoms with Crippen LogP contribution in [0, 0.1) is 0 Å². The molecule has 4 heteroatoms. The van der Waals surface area contributed by atoms with Crippen molar-refractivity contribution in [3.8, 4) is 0 Å². The minimum absolute atomic E-state index is 0.262. The van der Waals surface area contributed by atoms with Gasteiger partial charge in [0, 0.05) is 11.6 Å². The number of rotatable bonds is 5. The summed E-state index contributed by atoms with van der Waals surface area (Å²) in [4.78, 5) is 11.8. The lowest BCUT2D eigenvalue weighted by Gasteiger charge is -2.27. The Morgan fingerprint density at radius 3 is 1.76 bits per heavy atom. The normalized spacial score (nSPS) is 11.1. The topological polar surface area (TPSA) is 29.1 Å². The van der Waals surface area contributed by atoms with E-state index in [0.29, 0.717) is 11.6 Å². The van der Waals surface area contributed by atoms with Gasteiger partial charge in [0.15, 0.2) is 4.87 Å². The molecule has 2 nitrogen and oxygen atoms in total. The quantitative estimate of drug-likeness (QED) is 0.619. The number of hydrogen-bond donors (Lipinski definition) is 1. The molecule has 3 aromatic rings. The molecule has 0 spiro atoms. The Bertz CT molecular complexity index is 793. The summed E-state index contributed by atoms with van der Waals surface area (Å²) in [5, 5.41) is 3.60. The van der Waals surface area contributed by atoms with Crippen molar-refractivity contribution in [2.45, 2.75) is 11.4 Å². The Labute approximate surface area is 157 Å². The van der Waals surface area contributed by atoms with E-state index in [1.165, 1.54) is 0 Å². The number of hydrogen-bond acceptors (Lipinski definition) is 1. The van der Waals surface area contributed by atoms with Crippen LogP contribution in [-0.2, 0) is 16.2 Å². The van der Waals surface area contributed by atoms with E-state index in [1.807, 2.05) is 72.8 Å². The molecular weight excluding hydrogens is 353 g/mol. The third-order valence-electron chi connectivity index (χ3n) is 4.02. The predicted octanol–water partition coefficient (Wildman–Crippen LogP) is 5.14. The molecule has 25 heavy (non-hydrogen) atoms. The third kappa shape index (κ3) is 3.87. The van der Waals surface area contributed by atoms with Gasteiger partial charge in [-0.1, -0.05) is 96.0 Å². The molecule has 1 N–H and O–H groups in total. The van der Waals surface area contributed by atoms with Crippen LogP contribution in [-0.4, -0.2) is 5.91 Å². The molecule has 0 saturated heterocycles. The summed E-state index contributed by atoms with van der Waals surface area (Å²) < 4.78 is 0. The van der Waals surface area contributed by atoms with Gasteiger partial charge in [0.25, 0.3) is 5.91 Å². The van der Waals surface area contributed by atoms with Crippen molar-refractivity contribution >= 4 is 29.1 Å². The third-order valence-corrected chi connectivity index (χ3v) is 4.88. The zero-order valence-corrected chi connectivity index (χ0v) is 15.0. The van der Waals surface area contributed by atoms with Crippen molar-refractivity contribution in [2.75, 3.05) is 0 Å². The molecule has 3 rings (SSSR count). The monoisotopic (exact) mass is 369 g/mol. The van der Waals surface area contributed by atoms with Crippen LogP contribution in [0.1, 0.15) is 16.7 Å².